The molecule has 3 rings (SSSR count). The summed E-state index contributed by atoms with van der Waals surface area (Å²) < 4.78 is 62.3. The number of rotatable bonds is 3. The Hall–Kier alpha value is -1.57. The van der Waals surface area contributed by atoms with Gasteiger partial charge in [-0.1, -0.05) is 18.2 Å². The molecule has 3 atom stereocenters. The third-order valence-electron chi connectivity index (χ3n) is 4.88. The van der Waals surface area contributed by atoms with Crippen molar-refractivity contribution >= 4 is 15.7 Å². The van der Waals surface area contributed by atoms with Crippen molar-refractivity contribution in [1.82, 2.24) is 4.90 Å². The highest BCUT2D eigenvalue weighted by molar-refractivity contribution is 7.91. The summed E-state index contributed by atoms with van der Waals surface area (Å²) in [6.07, 6.45) is -3.69. The van der Waals surface area contributed by atoms with Crippen LogP contribution in [0.15, 0.2) is 24.3 Å². The average molecular weight is 361 g/mol. The molecule has 2 aliphatic rings. The van der Waals surface area contributed by atoms with E-state index in [1.54, 1.807) is 7.05 Å². The van der Waals surface area contributed by atoms with Crippen molar-refractivity contribution in [2.75, 3.05) is 18.6 Å². The molecule has 1 heterocycles. The SMILES string of the molecule is CN(C(=O)C1CC1c1ccccc1C(F)(F)F)C1CCS(=O)(=O)C1. The Kier molecular flexibility index (Phi) is 4.14. The number of carbonyl (C=O) groups is 1. The van der Waals surface area contributed by atoms with Crippen molar-refractivity contribution < 1.29 is 26.4 Å². The number of sulfone groups is 1. The fourth-order valence-corrected chi connectivity index (χ4v) is 5.19. The fourth-order valence-electron chi connectivity index (χ4n) is 3.41. The van der Waals surface area contributed by atoms with Gasteiger partial charge in [0, 0.05) is 19.0 Å². The summed E-state index contributed by atoms with van der Waals surface area (Å²) in [5.41, 5.74) is -0.549. The van der Waals surface area contributed by atoms with E-state index in [1.165, 1.54) is 23.1 Å². The molecular formula is C16H18F3NO3S. The maximum Gasteiger partial charge on any atom is 0.416 e. The fraction of sp³-hybridized carbons (Fsp3) is 0.562. The van der Waals surface area contributed by atoms with Crippen LogP contribution in [0.2, 0.25) is 0 Å². The van der Waals surface area contributed by atoms with Crippen LogP contribution in [0.4, 0.5) is 13.2 Å². The van der Waals surface area contributed by atoms with Gasteiger partial charge in [-0.25, -0.2) is 8.42 Å². The molecule has 3 unspecified atom stereocenters. The molecule has 2 fully saturated rings. The highest BCUT2D eigenvalue weighted by atomic mass is 32.2. The van der Waals surface area contributed by atoms with E-state index >= 15 is 0 Å². The molecule has 1 aliphatic carbocycles. The molecule has 8 heteroatoms. The number of nitrogens with zero attached hydrogens (tertiary/aromatic N) is 1. The molecule has 1 amide bonds. The van der Waals surface area contributed by atoms with E-state index in [1.807, 2.05) is 0 Å². The summed E-state index contributed by atoms with van der Waals surface area (Å²) in [5, 5.41) is 0. The first-order valence-electron chi connectivity index (χ1n) is 7.73. The molecule has 0 radical (unpaired) electrons. The maximum atomic E-state index is 13.1. The van der Waals surface area contributed by atoms with Gasteiger partial charge < -0.3 is 4.90 Å². The molecule has 1 aromatic rings. The molecule has 4 nitrogen and oxygen atoms in total. The third kappa shape index (κ3) is 3.29. The topological polar surface area (TPSA) is 54.5 Å². The van der Waals surface area contributed by atoms with Gasteiger partial charge in [0.25, 0.3) is 0 Å². The first-order valence-corrected chi connectivity index (χ1v) is 9.55. The second-order valence-electron chi connectivity index (χ2n) is 6.54. The molecule has 1 aromatic carbocycles. The van der Waals surface area contributed by atoms with Crippen LogP contribution in [0.5, 0.6) is 0 Å². The van der Waals surface area contributed by atoms with E-state index in [0.29, 0.717) is 12.8 Å². The summed E-state index contributed by atoms with van der Waals surface area (Å²) in [6, 6.07) is 4.95. The summed E-state index contributed by atoms with van der Waals surface area (Å²) in [6.45, 7) is 0. The van der Waals surface area contributed by atoms with Crippen LogP contribution < -0.4 is 0 Å². The second-order valence-corrected chi connectivity index (χ2v) is 8.77. The minimum atomic E-state index is -4.45. The molecule has 1 aliphatic heterocycles. The lowest BCUT2D eigenvalue weighted by Crippen LogP contribution is -2.39. The number of hydrogen-bond donors (Lipinski definition) is 0. The molecule has 1 saturated heterocycles. The lowest BCUT2D eigenvalue weighted by Gasteiger charge is -2.23. The number of amides is 1. The molecular weight excluding hydrogens is 343 g/mol. The van der Waals surface area contributed by atoms with Gasteiger partial charge in [-0.3, -0.25) is 4.79 Å². The molecule has 0 N–H and O–H groups in total. The van der Waals surface area contributed by atoms with E-state index in [2.05, 4.69) is 0 Å². The summed E-state index contributed by atoms with van der Waals surface area (Å²) in [4.78, 5) is 13.9. The Morgan fingerprint density at radius 3 is 2.50 bits per heavy atom. The minimum Gasteiger partial charge on any atom is -0.341 e. The lowest BCUT2D eigenvalue weighted by atomic mass is 10.0. The standard InChI is InChI=1S/C16H18F3NO3S/c1-20(10-6-7-24(22,23)9-10)15(21)13-8-12(13)11-4-2-3-5-14(11)16(17,18)19/h2-5,10,12-13H,6-9H2,1H3. The van der Waals surface area contributed by atoms with Crippen molar-refractivity contribution in [2.45, 2.75) is 31.0 Å². The van der Waals surface area contributed by atoms with E-state index in [0.717, 1.165) is 6.07 Å². The molecule has 24 heavy (non-hydrogen) atoms. The van der Waals surface area contributed by atoms with E-state index in [9.17, 15) is 26.4 Å². The normalized spacial score (nSPS) is 28.6. The summed E-state index contributed by atoms with van der Waals surface area (Å²) >= 11 is 0. The zero-order chi connectivity index (χ0) is 17.7. The average Bonchev–Trinajstić information content (AvgIpc) is 3.22. The summed E-state index contributed by atoms with van der Waals surface area (Å²) in [5.74, 6) is -1.22. The van der Waals surface area contributed by atoms with Crippen molar-refractivity contribution in [1.29, 1.82) is 0 Å². The molecule has 0 aromatic heterocycles. The monoisotopic (exact) mass is 361 g/mol. The van der Waals surface area contributed by atoms with Crippen LogP contribution >= 0.6 is 0 Å². The van der Waals surface area contributed by atoms with Crippen LogP contribution in [0.3, 0.4) is 0 Å². The molecule has 0 spiro atoms. The van der Waals surface area contributed by atoms with Gasteiger partial charge in [0.15, 0.2) is 9.84 Å². The Labute approximate surface area is 138 Å². The van der Waals surface area contributed by atoms with Gasteiger partial charge in [0.1, 0.15) is 0 Å². The predicted molar refractivity (Wildman–Crippen MR) is 82.1 cm³/mol. The van der Waals surface area contributed by atoms with Crippen LogP contribution in [0.1, 0.15) is 29.9 Å². The first kappa shape index (κ1) is 17.3. The second kappa shape index (κ2) is 5.75. The quantitative estimate of drug-likeness (QED) is 0.831. The van der Waals surface area contributed by atoms with Crippen molar-refractivity contribution in [3.63, 3.8) is 0 Å². The van der Waals surface area contributed by atoms with Crippen LogP contribution in [0.25, 0.3) is 0 Å². The number of hydrogen-bond acceptors (Lipinski definition) is 3. The van der Waals surface area contributed by atoms with Gasteiger partial charge in [-0.15, -0.1) is 0 Å². The number of benzene rings is 1. The smallest absolute Gasteiger partial charge is 0.341 e. The zero-order valence-corrected chi connectivity index (χ0v) is 13.9. The first-order chi connectivity index (χ1) is 11.1. The van der Waals surface area contributed by atoms with Gasteiger partial charge in [0.05, 0.1) is 17.1 Å². The minimum absolute atomic E-state index is 0.0558. The zero-order valence-electron chi connectivity index (χ0n) is 13.1. The van der Waals surface area contributed by atoms with Gasteiger partial charge in [0.2, 0.25) is 5.91 Å². The van der Waals surface area contributed by atoms with E-state index in [4.69, 9.17) is 0 Å². The molecule has 1 saturated carbocycles. The van der Waals surface area contributed by atoms with Crippen molar-refractivity contribution in [3.05, 3.63) is 35.4 Å². The predicted octanol–water partition coefficient (Wildman–Crippen LogP) is 2.45. The number of halogens is 3. The Morgan fingerprint density at radius 1 is 1.25 bits per heavy atom. The third-order valence-corrected chi connectivity index (χ3v) is 6.63. The Balaban J connectivity index is 1.73. The van der Waals surface area contributed by atoms with Gasteiger partial charge in [-0.2, -0.15) is 13.2 Å². The number of carbonyl (C=O) groups excluding carboxylic acids is 1. The maximum absolute atomic E-state index is 13.1. The van der Waals surface area contributed by atoms with E-state index in [-0.39, 0.29) is 29.0 Å². The van der Waals surface area contributed by atoms with Crippen molar-refractivity contribution in [3.8, 4) is 0 Å². The lowest BCUT2D eigenvalue weighted by molar-refractivity contribution is -0.138. The largest absolute Gasteiger partial charge is 0.416 e. The molecule has 132 valence electrons. The van der Waals surface area contributed by atoms with E-state index < -0.39 is 33.4 Å². The van der Waals surface area contributed by atoms with Gasteiger partial charge >= 0.3 is 6.18 Å². The molecule has 0 bridgehead atoms. The van der Waals surface area contributed by atoms with Gasteiger partial charge in [-0.05, 0) is 30.4 Å². The van der Waals surface area contributed by atoms with Crippen LogP contribution in [0, 0.1) is 5.92 Å². The van der Waals surface area contributed by atoms with Crippen molar-refractivity contribution in [2.24, 2.45) is 5.92 Å². The van der Waals surface area contributed by atoms with Crippen LogP contribution in [-0.2, 0) is 20.8 Å². The number of alkyl halides is 3. The Morgan fingerprint density at radius 2 is 1.92 bits per heavy atom. The highest BCUT2D eigenvalue weighted by Gasteiger charge is 2.49. The Bertz CT molecular complexity index is 760. The summed E-state index contributed by atoms with van der Waals surface area (Å²) in [7, 11) is -1.57. The highest BCUT2D eigenvalue weighted by Crippen LogP contribution is 2.51. The van der Waals surface area contributed by atoms with Crippen LogP contribution in [-0.4, -0.2) is 43.8 Å².